The Kier molecular flexibility index (Phi) is 5.52. The van der Waals surface area contributed by atoms with Crippen molar-refractivity contribution in [2.24, 2.45) is 0 Å². The second-order valence-electron chi connectivity index (χ2n) is 7.62. The van der Waals surface area contributed by atoms with Crippen LogP contribution in [0.5, 0.6) is 0 Å². The second-order valence-corrected chi connectivity index (χ2v) is 9.63. The van der Waals surface area contributed by atoms with Crippen molar-refractivity contribution in [3.63, 3.8) is 0 Å². The first-order chi connectivity index (χ1) is 13.9. The number of nitrogens with zero attached hydrogens (tertiary/aromatic N) is 3. The summed E-state index contributed by atoms with van der Waals surface area (Å²) in [6.45, 7) is 5.54. The predicted octanol–water partition coefficient (Wildman–Crippen LogP) is 3.98. The summed E-state index contributed by atoms with van der Waals surface area (Å²) in [5.41, 5.74) is 1.95. The summed E-state index contributed by atoms with van der Waals surface area (Å²) in [4.78, 5) is 12.0. The van der Waals surface area contributed by atoms with E-state index < -0.39 is 9.84 Å². The Hall–Kier alpha value is -2.51. The fourth-order valence-electron chi connectivity index (χ4n) is 3.94. The lowest BCUT2D eigenvalue weighted by molar-refractivity contribution is 0.221. The maximum absolute atomic E-state index is 11.6. The average Bonchev–Trinajstić information content (AvgIpc) is 2.73. The molecule has 0 bridgehead atoms. The van der Waals surface area contributed by atoms with Gasteiger partial charge in [0.05, 0.1) is 10.6 Å². The van der Waals surface area contributed by atoms with Gasteiger partial charge in [0.15, 0.2) is 9.84 Å². The molecule has 7 heteroatoms. The summed E-state index contributed by atoms with van der Waals surface area (Å²) >= 11 is 0. The van der Waals surface area contributed by atoms with Crippen molar-refractivity contribution >= 4 is 32.1 Å². The molecular formula is C22H26N4O2S. The molecule has 0 unspecified atom stereocenters. The molecule has 0 amide bonds. The highest BCUT2D eigenvalue weighted by Gasteiger charge is 2.22. The van der Waals surface area contributed by atoms with E-state index in [-0.39, 0.29) is 0 Å². The van der Waals surface area contributed by atoms with Crippen molar-refractivity contribution in [2.45, 2.75) is 30.6 Å². The van der Waals surface area contributed by atoms with Crippen molar-refractivity contribution in [1.82, 2.24) is 14.9 Å². The number of sulfone groups is 1. The van der Waals surface area contributed by atoms with Crippen molar-refractivity contribution < 1.29 is 8.42 Å². The molecule has 6 nitrogen and oxygen atoms in total. The van der Waals surface area contributed by atoms with Crippen LogP contribution in [0.1, 0.15) is 31.4 Å². The Balaban J connectivity index is 1.60. The summed E-state index contributed by atoms with van der Waals surface area (Å²) in [5.74, 6) is 1.19. The van der Waals surface area contributed by atoms with Crippen LogP contribution in [0, 0.1) is 0 Å². The highest BCUT2D eigenvalue weighted by atomic mass is 32.2. The van der Waals surface area contributed by atoms with E-state index in [0.29, 0.717) is 10.8 Å². The van der Waals surface area contributed by atoms with Crippen LogP contribution in [0.4, 0.5) is 11.5 Å². The van der Waals surface area contributed by atoms with Gasteiger partial charge in [-0.1, -0.05) is 6.92 Å². The molecule has 0 atom stereocenters. The van der Waals surface area contributed by atoms with Crippen LogP contribution in [-0.2, 0) is 9.84 Å². The second kappa shape index (κ2) is 8.08. The van der Waals surface area contributed by atoms with E-state index >= 15 is 0 Å². The number of hydrogen-bond acceptors (Lipinski definition) is 6. The minimum Gasteiger partial charge on any atom is -0.340 e. The average molecular weight is 411 g/mol. The summed E-state index contributed by atoms with van der Waals surface area (Å²) < 4.78 is 23.3. The Morgan fingerprint density at radius 3 is 2.48 bits per heavy atom. The topological polar surface area (TPSA) is 75.2 Å². The van der Waals surface area contributed by atoms with E-state index in [1.807, 2.05) is 24.5 Å². The van der Waals surface area contributed by atoms with Crippen LogP contribution >= 0.6 is 0 Å². The first kappa shape index (κ1) is 19.8. The number of hydrogen-bond donors (Lipinski definition) is 1. The minimum atomic E-state index is -3.20. The molecule has 2 aromatic heterocycles. The van der Waals surface area contributed by atoms with Crippen LogP contribution < -0.4 is 5.32 Å². The predicted molar refractivity (Wildman–Crippen MR) is 116 cm³/mol. The van der Waals surface area contributed by atoms with Crippen LogP contribution in [0.25, 0.3) is 10.8 Å². The van der Waals surface area contributed by atoms with E-state index in [9.17, 15) is 8.42 Å². The quantitative estimate of drug-likeness (QED) is 0.686. The fourth-order valence-corrected chi connectivity index (χ4v) is 4.57. The SMILES string of the molecule is CCN1CCC(c2nccc3cnc(Nc4ccc(S(C)(=O)=O)cc4)cc23)CC1. The zero-order valence-corrected chi connectivity index (χ0v) is 17.6. The van der Waals surface area contributed by atoms with Crippen molar-refractivity contribution in [3.8, 4) is 0 Å². The van der Waals surface area contributed by atoms with Crippen LogP contribution in [0.2, 0.25) is 0 Å². The zero-order valence-electron chi connectivity index (χ0n) is 16.8. The number of benzene rings is 1. The molecule has 1 N–H and O–H groups in total. The third-order valence-corrected chi connectivity index (χ3v) is 6.78. The Labute approximate surface area is 171 Å². The van der Waals surface area contributed by atoms with Gasteiger partial charge in [0.1, 0.15) is 5.82 Å². The van der Waals surface area contributed by atoms with Crippen molar-refractivity contribution in [1.29, 1.82) is 0 Å². The highest BCUT2D eigenvalue weighted by Crippen LogP contribution is 2.32. The van der Waals surface area contributed by atoms with E-state index in [1.165, 1.54) is 6.26 Å². The van der Waals surface area contributed by atoms with Crippen LogP contribution in [0.3, 0.4) is 0 Å². The van der Waals surface area contributed by atoms with Gasteiger partial charge in [-0.15, -0.1) is 0 Å². The first-order valence-electron chi connectivity index (χ1n) is 9.98. The maximum Gasteiger partial charge on any atom is 0.175 e. The molecule has 1 aromatic carbocycles. The van der Waals surface area contributed by atoms with E-state index in [4.69, 9.17) is 4.98 Å². The number of anilines is 2. The van der Waals surface area contributed by atoms with Gasteiger partial charge in [0.2, 0.25) is 0 Å². The number of rotatable bonds is 5. The van der Waals surface area contributed by atoms with Crippen molar-refractivity contribution in [2.75, 3.05) is 31.2 Å². The number of piperidine rings is 1. The van der Waals surface area contributed by atoms with E-state index in [0.717, 1.165) is 60.4 Å². The smallest absolute Gasteiger partial charge is 0.175 e. The molecule has 3 aromatic rings. The molecule has 152 valence electrons. The molecule has 1 fully saturated rings. The third kappa shape index (κ3) is 4.41. The molecule has 0 aliphatic carbocycles. The third-order valence-electron chi connectivity index (χ3n) is 5.65. The van der Waals surface area contributed by atoms with Gasteiger partial charge in [0.25, 0.3) is 0 Å². The summed E-state index contributed by atoms with van der Waals surface area (Å²) in [5, 5.41) is 5.50. The van der Waals surface area contributed by atoms with Gasteiger partial charge in [-0.3, -0.25) is 4.98 Å². The molecular weight excluding hydrogens is 384 g/mol. The summed E-state index contributed by atoms with van der Waals surface area (Å²) in [6, 6.07) is 10.8. The first-order valence-corrected chi connectivity index (χ1v) is 11.9. The summed E-state index contributed by atoms with van der Waals surface area (Å²) in [6.07, 6.45) is 7.20. The molecule has 0 saturated carbocycles. The molecule has 1 aliphatic rings. The molecule has 1 aliphatic heterocycles. The zero-order chi connectivity index (χ0) is 20.4. The Bertz CT molecular complexity index is 1110. The number of likely N-dealkylation sites (tertiary alicyclic amines) is 1. The maximum atomic E-state index is 11.6. The molecule has 4 rings (SSSR count). The monoisotopic (exact) mass is 410 g/mol. The lowest BCUT2D eigenvalue weighted by Gasteiger charge is -2.31. The lowest BCUT2D eigenvalue weighted by Crippen LogP contribution is -2.32. The number of aromatic nitrogens is 2. The van der Waals surface area contributed by atoms with Crippen LogP contribution in [0.15, 0.2) is 53.7 Å². The largest absolute Gasteiger partial charge is 0.340 e. The summed E-state index contributed by atoms with van der Waals surface area (Å²) in [7, 11) is -3.20. The molecule has 3 heterocycles. The molecule has 29 heavy (non-hydrogen) atoms. The van der Waals surface area contributed by atoms with Gasteiger partial charge in [-0.25, -0.2) is 13.4 Å². The standard InChI is InChI=1S/C22H26N4O2S/c1-3-26-12-9-16(10-13-26)22-20-14-21(24-15-17(20)8-11-23-22)25-18-4-6-19(7-5-18)29(2,27)28/h4-8,11,14-16H,3,9-10,12-13H2,1-2H3,(H,24,25). The van der Waals surface area contributed by atoms with E-state index in [1.54, 1.807) is 24.3 Å². The fraction of sp³-hybridized carbons (Fsp3) is 0.364. The van der Waals surface area contributed by atoms with E-state index in [2.05, 4.69) is 22.1 Å². The van der Waals surface area contributed by atoms with Crippen LogP contribution in [-0.4, -0.2) is 49.2 Å². The number of nitrogens with one attached hydrogen (secondary N) is 1. The van der Waals surface area contributed by atoms with Crippen molar-refractivity contribution in [3.05, 3.63) is 54.5 Å². The molecule has 1 saturated heterocycles. The number of pyridine rings is 2. The molecule has 0 radical (unpaired) electrons. The van der Waals surface area contributed by atoms with Gasteiger partial charge in [0, 0.05) is 41.0 Å². The highest BCUT2D eigenvalue weighted by molar-refractivity contribution is 7.90. The van der Waals surface area contributed by atoms with Gasteiger partial charge >= 0.3 is 0 Å². The number of fused-ring (bicyclic) bond motifs is 1. The Morgan fingerprint density at radius 2 is 1.83 bits per heavy atom. The lowest BCUT2D eigenvalue weighted by atomic mass is 9.90. The molecule has 0 spiro atoms. The normalized spacial score (nSPS) is 16.2. The Morgan fingerprint density at radius 1 is 1.10 bits per heavy atom. The van der Waals surface area contributed by atoms with Gasteiger partial charge < -0.3 is 10.2 Å². The minimum absolute atomic E-state index is 0.305. The van der Waals surface area contributed by atoms with Gasteiger partial charge in [-0.2, -0.15) is 0 Å². The van der Waals surface area contributed by atoms with Gasteiger partial charge in [-0.05, 0) is 68.9 Å².